The number of anilines is 1. The van der Waals surface area contributed by atoms with E-state index in [1.54, 1.807) is 6.07 Å². The largest absolute Gasteiger partial charge is 0.384 e. The first-order chi connectivity index (χ1) is 9.65. The van der Waals surface area contributed by atoms with E-state index in [-0.39, 0.29) is 17.5 Å². The molecule has 0 aromatic heterocycles. The van der Waals surface area contributed by atoms with Crippen LogP contribution in [0.5, 0.6) is 0 Å². The fourth-order valence-electron chi connectivity index (χ4n) is 2.55. The van der Waals surface area contributed by atoms with Crippen LogP contribution in [0.3, 0.4) is 0 Å². The Bertz CT molecular complexity index is 671. The molecule has 1 aliphatic heterocycles. The molecule has 0 aliphatic carbocycles. The minimum atomic E-state index is -0.305. The molecule has 0 saturated heterocycles. The van der Waals surface area contributed by atoms with E-state index in [1.165, 1.54) is 12.1 Å². The minimum absolute atomic E-state index is 0.122. The van der Waals surface area contributed by atoms with Crippen molar-refractivity contribution in [2.75, 3.05) is 11.9 Å². The molecule has 0 radical (unpaired) electrons. The topological polar surface area (TPSA) is 29.1 Å². The number of benzene rings is 2. The molecule has 102 valence electrons. The lowest BCUT2D eigenvalue weighted by atomic mass is 9.93. The van der Waals surface area contributed by atoms with Gasteiger partial charge in [0.25, 0.3) is 0 Å². The molecule has 2 nitrogen and oxygen atoms in total. The van der Waals surface area contributed by atoms with E-state index in [0.29, 0.717) is 17.4 Å². The molecular weight excluding hydrogens is 321 g/mol. The van der Waals surface area contributed by atoms with Crippen molar-refractivity contribution in [3.63, 3.8) is 0 Å². The first kappa shape index (κ1) is 13.3. The summed E-state index contributed by atoms with van der Waals surface area (Å²) in [4.78, 5) is 12.5. The number of carbonyl (C=O) groups excluding carboxylic acids is 1. The molecule has 2 aromatic rings. The Hall–Kier alpha value is -1.68. The molecular formula is C16H13BrFNO. The highest BCUT2D eigenvalue weighted by Gasteiger charge is 2.28. The van der Waals surface area contributed by atoms with E-state index < -0.39 is 0 Å². The normalized spacial score (nSPS) is 16.6. The molecule has 0 bridgehead atoms. The summed E-state index contributed by atoms with van der Waals surface area (Å²) < 4.78 is 13.7. The van der Waals surface area contributed by atoms with Crippen LogP contribution in [0.1, 0.15) is 17.0 Å². The van der Waals surface area contributed by atoms with Crippen LogP contribution in [0.15, 0.2) is 46.9 Å². The van der Waals surface area contributed by atoms with Gasteiger partial charge in [-0.1, -0.05) is 40.2 Å². The van der Waals surface area contributed by atoms with Crippen molar-refractivity contribution in [3.8, 4) is 0 Å². The molecule has 1 heterocycles. The van der Waals surface area contributed by atoms with Crippen LogP contribution < -0.4 is 5.32 Å². The molecule has 1 unspecified atom stereocenters. The molecule has 1 atom stereocenters. The predicted octanol–water partition coefficient (Wildman–Crippen LogP) is 3.91. The number of para-hydroxylation sites is 1. The Morgan fingerprint density at radius 1 is 1.30 bits per heavy atom. The lowest BCUT2D eigenvalue weighted by molar-refractivity contribution is -0.119. The zero-order chi connectivity index (χ0) is 14.1. The first-order valence-corrected chi connectivity index (χ1v) is 7.24. The van der Waals surface area contributed by atoms with Gasteiger partial charge in [0.15, 0.2) is 0 Å². The third kappa shape index (κ3) is 2.48. The standard InChI is InChI=1S/C16H13BrFNO/c17-14-8-11(18)6-5-10(14)7-16(20)13-9-19-15-4-2-1-3-12(13)15/h1-6,8,13,19H,7,9H2. The number of carbonyl (C=O) groups is 1. The van der Waals surface area contributed by atoms with Crippen LogP contribution in [0.25, 0.3) is 0 Å². The highest BCUT2D eigenvalue weighted by atomic mass is 79.9. The summed E-state index contributed by atoms with van der Waals surface area (Å²) in [6.45, 7) is 0.636. The van der Waals surface area contributed by atoms with Crippen LogP contribution in [0.4, 0.5) is 10.1 Å². The Kier molecular flexibility index (Phi) is 3.57. The van der Waals surface area contributed by atoms with Gasteiger partial charge in [-0.3, -0.25) is 4.79 Å². The number of rotatable bonds is 3. The van der Waals surface area contributed by atoms with Gasteiger partial charge in [-0.2, -0.15) is 0 Å². The van der Waals surface area contributed by atoms with E-state index in [0.717, 1.165) is 16.8 Å². The van der Waals surface area contributed by atoms with Crippen LogP contribution in [0, 0.1) is 5.82 Å². The fraction of sp³-hybridized carbons (Fsp3) is 0.188. The van der Waals surface area contributed by atoms with Gasteiger partial charge in [0, 0.05) is 23.1 Å². The third-order valence-corrected chi connectivity index (χ3v) is 4.34. The number of ketones is 1. The second-order valence-electron chi connectivity index (χ2n) is 4.90. The van der Waals surface area contributed by atoms with Gasteiger partial charge >= 0.3 is 0 Å². The number of hydrogen-bond donors (Lipinski definition) is 1. The van der Waals surface area contributed by atoms with Crippen LogP contribution >= 0.6 is 15.9 Å². The van der Waals surface area contributed by atoms with Crippen molar-refractivity contribution in [3.05, 3.63) is 63.9 Å². The highest BCUT2D eigenvalue weighted by molar-refractivity contribution is 9.10. The second kappa shape index (κ2) is 5.37. The maximum atomic E-state index is 13.1. The molecule has 0 amide bonds. The first-order valence-electron chi connectivity index (χ1n) is 6.44. The Morgan fingerprint density at radius 3 is 2.90 bits per heavy atom. The molecule has 0 saturated carbocycles. The van der Waals surface area contributed by atoms with Gasteiger partial charge in [-0.15, -0.1) is 0 Å². The van der Waals surface area contributed by atoms with Gasteiger partial charge in [0.1, 0.15) is 11.6 Å². The number of hydrogen-bond acceptors (Lipinski definition) is 2. The summed E-state index contributed by atoms with van der Waals surface area (Å²) in [5.74, 6) is -0.279. The van der Waals surface area contributed by atoms with Crippen LogP contribution in [-0.4, -0.2) is 12.3 Å². The Balaban J connectivity index is 1.81. The van der Waals surface area contributed by atoms with Crippen LogP contribution in [-0.2, 0) is 11.2 Å². The average molecular weight is 334 g/mol. The smallest absolute Gasteiger partial charge is 0.146 e. The van der Waals surface area contributed by atoms with E-state index >= 15 is 0 Å². The van der Waals surface area contributed by atoms with Crippen molar-refractivity contribution in [1.29, 1.82) is 0 Å². The highest BCUT2D eigenvalue weighted by Crippen LogP contribution is 2.32. The maximum absolute atomic E-state index is 13.1. The number of nitrogens with one attached hydrogen (secondary N) is 1. The second-order valence-corrected chi connectivity index (χ2v) is 5.75. The van der Waals surface area contributed by atoms with Crippen molar-refractivity contribution in [1.82, 2.24) is 0 Å². The molecule has 3 rings (SSSR count). The summed E-state index contributed by atoms with van der Waals surface area (Å²) in [5, 5.41) is 3.25. The molecule has 20 heavy (non-hydrogen) atoms. The molecule has 1 N–H and O–H groups in total. The molecule has 1 aliphatic rings. The maximum Gasteiger partial charge on any atom is 0.146 e. The van der Waals surface area contributed by atoms with Gasteiger partial charge in [-0.05, 0) is 29.3 Å². The predicted molar refractivity (Wildman–Crippen MR) is 80.5 cm³/mol. The number of Topliss-reactive ketones (excluding diaryl/α,β-unsaturated/α-hetero) is 1. The Labute approximate surface area is 125 Å². The van der Waals surface area contributed by atoms with Crippen molar-refractivity contribution in [2.24, 2.45) is 0 Å². The summed E-state index contributed by atoms with van der Waals surface area (Å²) in [5.41, 5.74) is 2.90. The van der Waals surface area contributed by atoms with E-state index in [4.69, 9.17) is 0 Å². The van der Waals surface area contributed by atoms with Gasteiger partial charge in [0.2, 0.25) is 0 Å². The Morgan fingerprint density at radius 2 is 2.10 bits per heavy atom. The van der Waals surface area contributed by atoms with E-state index in [2.05, 4.69) is 21.2 Å². The number of fused-ring (bicyclic) bond motifs is 1. The van der Waals surface area contributed by atoms with Crippen molar-refractivity contribution in [2.45, 2.75) is 12.3 Å². The average Bonchev–Trinajstić information content (AvgIpc) is 2.86. The van der Waals surface area contributed by atoms with Gasteiger partial charge in [-0.25, -0.2) is 4.39 Å². The summed E-state index contributed by atoms with van der Waals surface area (Å²) in [6.07, 6.45) is 0.307. The monoisotopic (exact) mass is 333 g/mol. The zero-order valence-electron chi connectivity index (χ0n) is 10.7. The van der Waals surface area contributed by atoms with Crippen molar-refractivity contribution < 1.29 is 9.18 Å². The summed E-state index contributed by atoms with van der Waals surface area (Å²) in [7, 11) is 0. The lowest BCUT2D eigenvalue weighted by Crippen LogP contribution is -2.17. The minimum Gasteiger partial charge on any atom is -0.384 e. The molecule has 4 heteroatoms. The van der Waals surface area contributed by atoms with Gasteiger partial charge in [0.05, 0.1) is 5.92 Å². The van der Waals surface area contributed by atoms with E-state index in [9.17, 15) is 9.18 Å². The third-order valence-electron chi connectivity index (χ3n) is 3.60. The quantitative estimate of drug-likeness (QED) is 0.922. The molecule has 0 fully saturated rings. The molecule has 0 spiro atoms. The van der Waals surface area contributed by atoms with Gasteiger partial charge < -0.3 is 5.32 Å². The zero-order valence-corrected chi connectivity index (χ0v) is 12.3. The molecule has 2 aromatic carbocycles. The SMILES string of the molecule is O=C(Cc1ccc(F)cc1Br)C1CNc2ccccc21. The van der Waals surface area contributed by atoms with Crippen LogP contribution in [0.2, 0.25) is 0 Å². The fourth-order valence-corrected chi connectivity index (χ4v) is 3.04. The summed E-state index contributed by atoms with van der Waals surface area (Å²) in [6, 6.07) is 12.3. The van der Waals surface area contributed by atoms with E-state index in [1.807, 2.05) is 24.3 Å². The van der Waals surface area contributed by atoms with Crippen molar-refractivity contribution >= 4 is 27.4 Å². The number of halogens is 2. The lowest BCUT2D eigenvalue weighted by Gasteiger charge is -2.10. The summed E-state index contributed by atoms with van der Waals surface area (Å²) >= 11 is 3.31.